The summed E-state index contributed by atoms with van der Waals surface area (Å²) in [4.78, 5) is 14.1. The molecule has 0 fully saturated rings. The summed E-state index contributed by atoms with van der Waals surface area (Å²) in [6.45, 7) is 3.22. The van der Waals surface area contributed by atoms with Gasteiger partial charge in [-0.3, -0.25) is 4.79 Å². The second kappa shape index (κ2) is 6.95. The van der Waals surface area contributed by atoms with Crippen molar-refractivity contribution < 1.29 is 14.3 Å². The highest BCUT2D eigenvalue weighted by atomic mass is 35.5. The Morgan fingerprint density at radius 3 is 3.05 bits per heavy atom. The van der Waals surface area contributed by atoms with Crippen molar-refractivity contribution in [3.63, 3.8) is 0 Å². The standard InChI is InChI=1S/C15H20ClNO3/c1-11-10-17(15(18)5-3-4-8-19-2)13-9-12(16)6-7-14(13)20-11/h6-7,9,11H,3-5,8,10H2,1-2H3. The molecular weight excluding hydrogens is 278 g/mol. The number of carbonyl (C=O) groups is 1. The number of fused-ring (bicyclic) bond motifs is 1. The summed E-state index contributed by atoms with van der Waals surface area (Å²) in [5.41, 5.74) is 0.771. The molecule has 2 rings (SSSR count). The van der Waals surface area contributed by atoms with Gasteiger partial charge in [0.1, 0.15) is 11.9 Å². The third kappa shape index (κ3) is 3.64. The van der Waals surface area contributed by atoms with Crippen molar-refractivity contribution >= 4 is 23.2 Å². The van der Waals surface area contributed by atoms with E-state index in [1.54, 1.807) is 24.1 Å². The molecule has 1 unspecified atom stereocenters. The van der Waals surface area contributed by atoms with Crippen LogP contribution in [0.3, 0.4) is 0 Å². The van der Waals surface area contributed by atoms with Crippen LogP contribution in [0.1, 0.15) is 26.2 Å². The van der Waals surface area contributed by atoms with Gasteiger partial charge in [-0.2, -0.15) is 0 Å². The molecule has 1 aliphatic rings. The summed E-state index contributed by atoms with van der Waals surface area (Å²) in [5, 5.41) is 0.610. The zero-order chi connectivity index (χ0) is 14.5. The number of hydrogen-bond acceptors (Lipinski definition) is 3. The van der Waals surface area contributed by atoms with Crippen LogP contribution in [0.15, 0.2) is 18.2 Å². The molecule has 0 radical (unpaired) electrons. The molecule has 20 heavy (non-hydrogen) atoms. The quantitative estimate of drug-likeness (QED) is 0.783. The Hall–Kier alpha value is -1.26. The minimum Gasteiger partial charge on any atom is -0.487 e. The minimum absolute atomic E-state index is 0.00778. The van der Waals surface area contributed by atoms with Crippen LogP contribution in [0.25, 0.3) is 0 Å². The monoisotopic (exact) mass is 297 g/mol. The molecule has 0 N–H and O–H groups in total. The Morgan fingerprint density at radius 1 is 1.50 bits per heavy atom. The summed E-state index contributed by atoms with van der Waals surface area (Å²) < 4.78 is 10.7. The van der Waals surface area contributed by atoms with Crippen molar-refractivity contribution in [1.82, 2.24) is 0 Å². The Bertz CT molecular complexity index is 478. The molecular formula is C15H20ClNO3. The molecule has 0 aliphatic carbocycles. The van der Waals surface area contributed by atoms with Crippen LogP contribution in [-0.4, -0.2) is 32.3 Å². The number of methoxy groups -OCH3 is 1. The van der Waals surface area contributed by atoms with Gasteiger partial charge in [-0.25, -0.2) is 0 Å². The number of amides is 1. The summed E-state index contributed by atoms with van der Waals surface area (Å²) in [6.07, 6.45) is 2.23. The lowest BCUT2D eigenvalue weighted by Gasteiger charge is -2.33. The number of ether oxygens (including phenoxy) is 2. The number of unbranched alkanes of at least 4 members (excludes halogenated alkanes) is 1. The molecule has 1 aromatic rings. The summed E-state index contributed by atoms with van der Waals surface area (Å²) >= 11 is 6.02. The van der Waals surface area contributed by atoms with Gasteiger partial charge in [0.05, 0.1) is 12.2 Å². The van der Waals surface area contributed by atoms with Gasteiger partial charge in [-0.05, 0) is 38.0 Å². The van der Waals surface area contributed by atoms with E-state index in [-0.39, 0.29) is 12.0 Å². The van der Waals surface area contributed by atoms with Crippen LogP contribution in [0.2, 0.25) is 5.02 Å². The van der Waals surface area contributed by atoms with E-state index in [1.165, 1.54) is 0 Å². The Morgan fingerprint density at radius 2 is 2.30 bits per heavy atom. The fraction of sp³-hybridized carbons (Fsp3) is 0.533. The normalized spacial score (nSPS) is 17.6. The molecule has 0 aromatic heterocycles. The van der Waals surface area contributed by atoms with E-state index >= 15 is 0 Å². The molecule has 4 nitrogen and oxygen atoms in total. The zero-order valence-electron chi connectivity index (χ0n) is 11.9. The molecule has 0 spiro atoms. The highest BCUT2D eigenvalue weighted by Crippen LogP contribution is 2.36. The first-order valence-corrected chi connectivity index (χ1v) is 7.25. The predicted molar refractivity (Wildman–Crippen MR) is 79.6 cm³/mol. The van der Waals surface area contributed by atoms with Gasteiger partial charge in [0.25, 0.3) is 0 Å². The van der Waals surface area contributed by atoms with E-state index in [2.05, 4.69) is 0 Å². The molecule has 110 valence electrons. The maximum Gasteiger partial charge on any atom is 0.227 e. The molecule has 1 atom stereocenters. The molecule has 0 saturated heterocycles. The predicted octanol–water partition coefficient (Wildman–Crippen LogP) is 3.27. The van der Waals surface area contributed by atoms with Crippen LogP contribution < -0.4 is 9.64 Å². The van der Waals surface area contributed by atoms with Crippen molar-refractivity contribution in [3.8, 4) is 5.75 Å². The SMILES string of the molecule is COCCCCC(=O)N1CC(C)Oc2ccc(Cl)cc21. The second-order valence-corrected chi connectivity index (χ2v) is 5.43. The lowest BCUT2D eigenvalue weighted by molar-refractivity contribution is -0.119. The van der Waals surface area contributed by atoms with Crippen molar-refractivity contribution in [3.05, 3.63) is 23.2 Å². The van der Waals surface area contributed by atoms with Gasteiger partial charge >= 0.3 is 0 Å². The number of carbonyl (C=O) groups excluding carboxylic acids is 1. The average molecular weight is 298 g/mol. The first kappa shape index (κ1) is 15.1. The maximum absolute atomic E-state index is 12.4. The molecule has 0 bridgehead atoms. The third-order valence-electron chi connectivity index (χ3n) is 3.27. The largest absolute Gasteiger partial charge is 0.487 e. The molecule has 1 heterocycles. The Kier molecular flexibility index (Phi) is 5.26. The highest BCUT2D eigenvalue weighted by molar-refractivity contribution is 6.31. The number of hydrogen-bond donors (Lipinski definition) is 0. The molecule has 1 aliphatic heterocycles. The van der Waals surface area contributed by atoms with Crippen LogP contribution in [-0.2, 0) is 9.53 Å². The fourth-order valence-electron chi connectivity index (χ4n) is 2.30. The van der Waals surface area contributed by atoms with Crippen molar-refractivity contribution in [2.75, 3.05) is 25.2 Å². The van der Waals surface area contributed by atoms with E-state index in [1.807, 2.05) is 13.0 Å². The average Bonchev–Trinajstić information content (AvgIpc) is 2.43. The smallest absolute Gasteiger partial charge is 0.227 e. The van der Waals surface area contributed by atoms with Crippen molar-refractivity contribution in [1.29, 1.82) is 0 Å². The third-order valence-corrected chi connectivity index (χ3v) is 3.50. The number of rotatable bonds is 5. The van der Waals surface area contributed by atoms with Gasteiger partial charge in [-0.1, -0.05) is 11.6 Å². The number of halogens is 1. The zero-order valence-corrected chi connectivity index (χ0v) is 12.7. The van der Waals surface area contributed by atoms with E-state index in [4.69, 9.17) is 21.1 Å². The van der Waals surface area contributed by atoms with E-state index < -0.39 is 0 Å². The number of nitrogens with zero attached hydrogens (tertiary/aromatic N) is 1. The topological polar surface area (TPSA) is 38.8 Å². The van der Waals surface area contributed by atoms with Gasteiger partial charge in [-0.15, -0.1) is 0 Å². The van der Waals surface area contributed by atoms with Crippen molar-refractivity contribution in [2.45, 2.75) is 32.3 Å². The number of benzene rings is 1. The van der Waals surface area contributed by atoms with E-state index in [0.29, 0.717) is 24.6 Å². The second-order valence-electron chi connectivity index (χ2n) is 4.99. The van der Waals surface area contributed by atoms with Crippen LogP contribution in [0, 0.1) is 0 Å². The van der Waals surface area contributed by atoms with E-state index in [9.17, 15) is 4.79 Å². The first-order valence-electron chi connectivity index (χ1n) is 6.87. The molecule has 0 saturated carbocycles. The Balaban J connectivity index is 2.08. The van der Waals surface area contributed by atoms with Gasteiger partial charge < -0.3 is 14.4 Å². The van der Waals surface area contributed by atoms with Crippen LogP contribution >= 0.6 is 11.6 Å². The maximum atomic E-state index is 12.4. The summed E-state index contributed by atoms with van der Waals surface area (Å²) in [7, 11) is 1.67. The van der Waals surface area contributed by atoms with Gasteiger partial charge in [0.15, 0.2) is 0 Å². The van der Waals surface area contributed by atoms with Gasteiger partial charge in [0.2, 0.25) is 5.91 Å². The summed E-state index contributed by atoms with van der Waals surface area (Å²) in [5.74, 6) is 0.832. The summed E-state index contributed by atoms with van der Waals surface area (Å²) in [6, 6.07) is 5.38. The minimum atomic E-state index is -0.00778. The fourth-order valence-corrected chi connectivity index (χ4v) is 2.47. The highest BCUT2D eigenvalue weighted by Gasteiger charge is 2.27. The van der Waals surface area contributed by atoms with Gasteiger partial charge in [0, 0.05) is 25.2 Å². The van der Waals surface area contributed by atoms with E-state index in [0.717, 1.165) is 24.3 Å². The molecule has 1 amide bonds. The van der Waals surface area contributed by atoms with Crippen LogP contribution in [0.4, 0.5) is 5.69 Å². The number of anilines is 1. The lowest BCUT2D eigenvalue weighted by atomic mass is 10.1. The molecule has 1 aromatic carbocycles. The van der Waals surface area contributed by atoms with Crippen LogP contribution in [0.5, 0.6) is 5.75 Å². The Labute approximate surface area is 124 Å². The molecule has 5 heteroatoms. The first-order chi connectivity index (χ1) is 9.61. The lowest BCUT2D eigenvalue weighted by Crippen LogP contribution is -2.42. The van der Waals surface area contributed by atoms with Crippen molar-refractivity contribution in [2.24, 2.45) is 0 Å².